The molecule has 3 nitrogen and oxygen atoms in total. The molecule has 0 unspecified atom stereocenters. The van der Waals surface area contributed by atoms with E-state index in [-0.39, 0.29) is 0 Å². The first-order chi connectivity index (χ1) is 9.02. The largest absolute Gasteiger partial charge is 0.369 e. The van der Waals surface area contributed by atoms with Gasteiger partial charge in [0, 0.05) is 24.9 Å². The molecule has 0 spiro atoms. The Morgan fingerprint density at radius 3 is 2.32 bits per heavy atom. The second-order valence-corrected chi connectivity index (χ2v) is 6.74. The summed E-state index contributed by atoms with van der Waals surface area (Å²) in [6.07, 6.45) is 8.74. The van der Waals surface area contributed by atoms with Crippen molar-refractivity contribution < 1.29 is 0 Å². The van der Waals surface area contributed by atoms with Crippen molar-refractivity contribution in [3.8, 4) is 0 Å². The van der Waals surface area contributed by atoms with Gasteiger partial charge in [0.25, 0.3) is 0 Å². The van der Waals surface area contributed by atoms with Crippen LogP contribution in [0.15, 0.2) is 12.4 Å². The average molecular weight is 261 g/mol. The summed E-state index contributed by atoms with van der Waals surface area (Å²) in [5, 5.41) is 3.34. The Kier molecular flexibility index (Phi) is 4.43. The number of hydrogen-bond acceptors (Lipinski definition) is 3. The van der Waals surface area contributed by atoms with E-state index in [0.717, 1.165) is 18.3 Å². The topological polar surface area (TPSA) is 37.8 Å². The van der Waals surface area contributed by atoms with Crippen molar-refractivity contribution in [2.75, 3.05) is 11.9 Å². The fourth-order valence-electron chi connectivity index (χ4n) is 3.18. The van der Waals surface area contributed by atoms with Crippen molar-refractivity contribution in [1.29, 1.82) is 0 Å². The number of aromatic nitrogens is 2. The molecule has 1 saturated carbocycles. The van der Waals surface area contributed by atoms with Gasteiger partial charge in [-0.3, -0.25) is 4.98 Å². The molecule has 19 heavy (non-hydrogen) atoms. The van der Waals surface area contributed by atoms with Gasteiger partial charge in [0.2, 0.25) is 0 Å². The number of nitrogens with one attached hydrogen (secondary N) is 1. The zero-order valence-corrected chi connectivity index (χ0v) is 12.7. The minimum absolute atomic E-state index is 0.442. The quantitative estimate of drug-likeness (QED) is 0.885. The maximum atomic E-state index is 4.58. The SMILES string of the molecule is CCNc1nccnc1C1CCC(C(C)(C)C)CC1. The van der Waals surface area contributed by atoms with Crippen molar-refractivity contribution >= 4 is 5.82 Å². The molecule has 1 aliphatic rings. The van der Waals surface area contributed by atoms with Crippen LogP contribution < -0.4 is 5.32 Å². The van der Waals surface area contributed by atoms with Crippen LogP contribution in [0.3, 0.4) is 0 Å². The Bertz CT molecular complexity index is 401. The Labute approximate surface area is 117 Å². The van der Waals surface area contributed by atoms with Crippen molar-refractivity contribution in [2.24, 2.45) is 11.3 Å². The Morgan fingerprint density at radius 1 is 1.11 bits per heavy atom. The Hall–Kier alpha value is -1.12. The highest BCUT2D eigenvalue weighted by Gasteiger charge is 2.31. The lowest BCUT2D eigenvalue weighted by molar-refractivity contribution is 0.168. The van der Waals surface area contributed by atoms with Gasteiger partial charge in [-0.25, -0.2) is 4.98 Å². The summed E-state index contributed by atoms with van der Waals surface area (Å²) in [6.45, 7) is 10.1. The van der Waals surface area contributed by atoms with E-state index in [1.807, 2.05) is 6.20 Å². The van der Waals surface area contributed by atoms with Gasteiger partial charge in [0.1, 0.15) is 5.82 Å². The zero-order chi connectivity index (χ0) is 13.9. The molecule has 2 rings (SSSR count). The van der Waals surface area contributed by atoms with Gasteiger partial charge >= 0.3 is 0 Å². The van der Waals surface area contributed by atoms with Crippen molar-refractivity contribution in [2.45, 2.75) is 59.3 Å². The third-order valence-electron chi connectivity index (χ3n) is 4.41. The van der Waals surface area contributed by atoms with E-state index < -0.39 is 0 Å². The molecule has 1 N–H and O–H groups in total. The molecule has 1 heterocycles. The Morgan fingerprint density at radius 2 is 1.74 bits per heavy atom. The fourth-order valence-corrected chi connectivity index (χ4v) is 3.18. The molecule has 1 aromatic heterocycles. The molecule has 0 aliphatic heterocycles. The molecule has 1 aromatic rings. The van der Waals surface area contributed by atoms with Crippen molar-refractivity contribution in [3.63, 3.8) is 0 Å². The molecule has 0 amide bonds. The summed E-state index contributed by atoms with van der Waals surface area (Å²) < 4.78 is 0. The summed E-state index contributed by atoms with van der Waals surface area (Å²) in [5.74, 6) is 2.42. The van der Waals surface area contributed by atoms with E-state index >= 15 is 0 Å². The summed E-state index contributed by atoms with van der Waals surface area (Å²) in [6, 6.07) is 0. The van der Waals surface area contributed by atoms with Gasteiger partial charge in [0.15, 0.2) is 0 Å². The van der Waals surface area contributed by atoms with Crippen LogP contribution in [-0.2, 0) is 0 Å². The minimum Gasteiger partial charge on any atom is -0.369 e. The lowest BCUT2D eigenvalue weighted by Crippen LogP contribution is -2.26. The van der Waals surface area contributed by atoms with Crippen LogP contribution in [0.4, 0.5) is 5.82 Å². The molecule has 1 aliphatic carbocycles. The van der Waals surface area contributed by atoms with Gasteiger partial charge in [0.05, 0.1) is 5.69 Å². The lowest BCUT2D eigenvalue weighted by atomic mass is 9.69. The van der Waals surface area contributed by atoms with Crippen molar-refractivity contribution in [3.05, 3.63) is 18.1 Å². The van der Waals surface area contributed by atoms with Gasteiger partial charge < -0.3 is 5.32 Å². The van der Waals surface area contributed by atoms with E-state index in [2.05, 4.69) is 43.0 Å². The van der Waals surface area contributed by atoms with E-state index in [4.69, 9.17) is 0 Å². The maximum absolute atomic E-state index is 4.58. The molecule has 0 atom stereocenters. The van der Waals surface area contributed by atoms with Crippen molar-refractivity contribution in [1.82, 2.24) is 9.97 Å². The van der Waals surface area contributed by atoms with Crippen LogP contribution in [0.2, 0.25) is 0 Å². The predicted molar refractivity (Wildman–Crippen MR) is 80.3 cm³/mol. The van der Waals surface area contributed by atoms with Gasteiger partial charge in [-0.2, -0.15) is 0 Å². The maximum Gasteiger partial charge on any atom is 0.148 e. The number of hydrogen-bond donors (Lipinski definition) is 1. The highest BCUT2D eigenvalue weighted by Crippen LogP contribution is 2.43. The van der Waals surface area contributed by atoms with Gasteiger partial charge in [-0.1, -0.05) is 20.8 Å². The van der Waals surface area contributed by atoms with Crippen LogP contribution in [0.25, 0.3) is 0 Å². The molecular formula is C16H27N3. The molecule has 0 radical (unpaired) electrons. The molecule has 0 bridgehead atoms. The van der Waals surface area contributed by atoms with Crippen LogP contribution >= 0.6 is 0 Å². The minimum atomic E-state index is 0.442. The van der Waals surface area contributed by atoms with Crippen LogP contribution in [0, 0.1) is 11.3 Å². The lowest BCUT2D eigenvalue weighted by Gasteiger charge is -2.37. The fraction of sp³-hybridized carbons (Fsp3) is 0.750. The smallest absolute Gasteiger partial charge is 0.148 e. The van der Waals surface area contributed by atoms with E-state index in [0.29, 0.717) is 11.3 Å². The normalized spacial score (nSPS) is 24.2. The first kappa shape index (κ1) is 14.3. The zero-order valence-electron chi connectivity index (χ0n) is 12.7. The average Bonchev–Trinajstić information content (AvgIpc) is 2.39. The molecule has 3 heteroatoms. The molecule has 106 valence electrons. The van der Waals surface area contributed by atoms with E-state index in [1.54, 1.807) is 6.20 Å². The third kappa shape index (κ3) is 3.46. The standard InChI is InChI=1S/C16H27N3/c1-5-17-15-14(18-10-11-19-15)12-6-8-13(9-7-12)16(2,3)4/h10-13H,5-9H2,1-4H3,(H,17,19). The first-order valence-electron chi connectivity index (χ1n) is 7.57. The number of rotatable bonds is 3. The summed E-state index contributed by atoms with van der Waals surface area (Å²) >= 11 is 0. The first-order valence-corrected chi connectivity index (χ1v) is 7.57. The van der Waals surface area contributed by atoms with Crippen LogP contribution in [-0.4, -0.2) is 16.5 Å². The van der Waals surface area contributed by atoms with E-state index in [1.165, 1.54) is 31.4 Å². The van der Waals surface area contributed by atoms with Crippen LogP contribution in [0.5, 0.6) is 0 Å². The molecule has 0 aromatic carbocycles. The summed E-state index contributed by atoms with van der Waals surface area (Å²) in [7, 11) is 0. The monoisotopic (exact) mass is 261 g/mol. The third-order valence-corrected chi connectivity index (χ3v) is 4.41. The number of anilines is 1. The summed E-state index contributed by atoms with van der Waals surface area (Å²) in [4.78, 5) is 9.02. The number of nitrogens with zero attached hydrogens (tertiary/aromatic N) is 2. The molecule has 1 fully saturated rings. The summed E-state index contributed by atoms with van der Waals surface area (Å²) in [5.41, 5.74) is 1.62. The molecular weight excluding hydrogens is 234 g/mol. The van der Waals surface area contributed by atoms with E-state index in [9.17, 15) is 0 Å². The molecule has 0 saturated heterocycles. The van der Waals surface area contributed by atoms with Gasteiger partial charge in [-0.05, 0) is 43.9 Å². The predicted octanol–water partition coefficient (Wildman–Crippen LogP) is 4.23. The van der Waals surface area contributed by atoms with Gasteiger partial charge in [-0.15, -0.1) is 0 Å². The highest BCUT2D eigenvalue weighted by atomic mass is 15.0. The highest BCUT2D eigenvalue weighted by molar-refractivity contribution is 5.41. The Balaban J connectivity index is 2.05. The second-order valence-electron chi connectivity index (χ2n) is 6.74. The second kappa shape index (κ2) is 5.89. The van der Waals surface area contributed by atoms with Crippen LogP contribution in [0.1, 0.15) is 65.0 Å².